The fourth-order valence-corrected chi connectivity index (χ4v) is 5.81. The number of nitrogens with zero attached hydrogens (tertiary/aromatic N) is 6. The van der Waals surface area contributed by atoms with Gasteiger partial charge in [0.05, 0.1) is 11.1 Å². The average molecular weight is 588 g/mol. The molecule has 1 N–H and O–H groups in total. The van der Waals surface area contributed by atoms with E-state index in [2.05, 4.69) is 25.4 Å². The smallest absolute Gasteiger partial charge is 0.369 e. The molecule has 0 bridgehead atoms. The Morgan fingerprint density at radius 3 is 2.44 bits per heavy atom. The molecule has 0 unspecified atom stereocenters. The van der Waals surface area contributed by atoms with Crippen molar-refractivity contribution in [2.24, 2.45) is 0 Å². The second kappa shape index (κ2) is 11.6. The van der Waals surface area contributed by atoms with Gasteiger partial charge in [-0.3, -0.25) is 9.69 Å². The highest BCUT2D eigenvalue weighted by Crippen LogP contribution is 2.33. The van der Waals surface area contributed by atoms with Crippen molar-refractivity contribution >= 4 is 16.6 Å². The number of benzene rings is 3. The molecule has 0 saturated carbocycles. The molecule has 11 heteroatoms. The topological polar surface area (TPSA) is 82.9 Å². The summed E-state index contributed by atoms with van der Waals surface area (Å²) in [5.74, 6) is 0.553. The summed E-state index contributed by atoms with van der Waals surface area (Å²) >= 11 is 0. The van der Waals surface area contributed by atoms with Crippen LogP contribution in [0, 0.1) is 13.8 Å². The summed E-state index contributed by atoms with van der Waals surface area (Å²) in [7, 11) is 0. The molecule has 1 atom stereocenters. The quantitative estimate of drug-likeness (QED) is 0.278. The zero-order chi connectivity index (χ0) is 30.1. The van der Waals surface area contributed by atoms with Crippen LogP contribution in [0.1, 0.15) is 39.7 Å². The SMILES string of the molecule is Cc1ccc2cc([C@H](c3nnnn3CCc3ccccc3)N3CCN(c4cccc(C(F)(F)F)c4)CC3)c(=O)[nH]c2c1C. The highest BCUT2D eigenvalue weighted by atomic mass is 19.4. The molecule has 8 nitrogen and oxygen atoms in total. The summed E-state index contributed by atoms with van der Waals surface area (Å²) in [6.07, 6.45) is -3.70. The molecule has 43 heavy (non-hydrogen) atoms. The third-order valence-corrected chi connectivity index (χ3v) is 8.35. The molecule has 2 aromatic heterocycles. The van der Waals surface area contributed by atoms with Crippen LogP contribution < -0.4 is 10.5 Å². The number of hydrogen-bond acceptors (Lipinski definition) is 6. The number of rotatable bonds is 7. The number of aromatic amines is 1. The number of aryl methyl sites for hydroxylation is 4. The second-order valence-corrected chi connectivity index (χ2v) is 11.0. The van der Waals surface area contributed by atoms with E-state index in [1.807, 2.05) is 67.3 Å². The Labute approximate surface area is 246 Å². The summed E-state index contributed by atoms with van der Waals surface area (Å²) in [6, 6.07) is 20.8. The molecule has 0 spiro atoms. The van der Waals surface area contributed by atoms with E-state index in [-0.39, 0.29) is 5.56 Å². The van der Waals surface area contributed by atoms with Crippen molar-refractivity contribution in [3.63, 3.8) is 0 Å². The number of piperazine rings is 1. The first-order valence-electron chi connectivity index (χ1n) is 14.3. The van der Waals surface area contributed by atoms with Gasteiger partial charge in [0.1, 0.15) is 6.04 Å². The molecule has 3 aromatic carbocycles. The van der Waals surface area contributed by atoms with Crippen LogP contribution in [0.2, 0.25) is 0 Å². The first-order chi connectivity index (χ1) is 20.7. The molecule has 6 rings (SSSR count). The Morgan fingerprint density at radius 1 is 0.930 bits per heavy atom. The Hall–Kier alpha value is -4.51. The van der Waals surface area contributed by atoms with Gasteiger partial charge in [-0.2, -0.15) is 13.2 Å². The zero-order valence-corrected chi connectivity index (χ0v) is 24.0. The maximum Gasteiger partial charge on any atom is 0.416 e. The van der Waals surface area contributed by atoms with Gasteiger partial charge in [-0.15, -0.1) is 5.10 Å². The van der Waals surface area contributed by atoms with E-state index in [4.69, 9.17) is 0 Å². The van der Waals surface area contributed by atoms with E-state index >= 15 is 0 Å². The maximum absolute atomic E-state index is 13.7. The molecule has 3 heterocycles. The maximum atomic E-state index is 13.7. The number of tetrazole rings is 1. The predicted octanol–water partition coefficient (Wildman–Crippen LogP) is 5.30. The monoisotopic (exact) mass is 587 g/mol. The van der Waals surface area contributed by atoms with E-state index in [1.165, 1.54) is 12.1 Å². The Balaban J connectivity index is 1.34. The van der Waals surface area contributed by atoms with Crippen LogP contribution in [0.15, 0.2) is 77.6 Å². The lowest BCUT2D eigenvalue weighted by molar-refractivity contribution is -0.137. The number of anilines is 1. The van der Waals surface area contributed by atoms with Crippen molar-refractivity contribution in [2.45, 2.75) is 39.0 Å². The van der Waals surface area contributed by atoms with Gasteiger partial charge < -0.3 is 9.88 Å². The number of fused-ring (bicyclic) bond motifs is 1. The molecule has 1 aliphatic rings. The summed E-state index contributed by atoms with van der Waals surface area (Å²) in [5.41, 5.74) is 4.20. The summed E-state index contributed by atoms with van der Waals surface area (Å²) in [4.78, 5) is 20.9. The number of pyridine rings is 1. The largest absolute Gasteiger partial charge is 0.416 e. The van der Waals surface area contributed by atoms with Crippen molar-refractivity contribution in [3.05, 3.63) is 117 Å². The van der Waals surface area contributed by atoms with Gasteiger partial charge in [0.2, 0.25) is 0 Å². The molecular formula is C32H32F3N7O. The fourth-order valence-electron chi connectivity index (χ4n) is 5.81. The Bertz CT molecular complexity index is 1790. The van der Waals surface area contributed by atoms with Gasteiger partial charge in [0.25, 0.3) is 5.56 Å². The van der Waals surface area contributed by atoms with Crippen molar-refractivity contribution in [2.75, 3.05) is 31.1 Å². The number of hydrogen-bond donors (Lipinski definition) is 1. The highest BCUT2D eigenvalue weighted by molar-refractivity contribution is 5.83. The van der Waals surface area contributed by atoms with Crippen molar-refractivity contribution in [1.82, 2.24) is 30.1 Å². The first-order valence-corrected chi connectivity index (χ1v) is 14.3. The lowest BCUT2D eigenvalue weighted by Crippen LogP contribution is -2.49. The number of H-pyrrole nitrogens is 1. The Kier molecular flexibility index (Phi) is 7.74. The van der Waals surface area contributed by atoms with E-state index in [9.17, 15) is 18.0 Å². The van der Waals surface area contributed by atoms with Gasteiger partial charge in [-0.1, -0.05) is 48.5 Å². The molecule has 0 aliphatic carbocycles. The van der Waals surface area contributed by atoms with Crippen LogP contribution in [0.3, 0.4) is 0 Å². The molecule has 222 valence electrons. The average Bonchev–Trinajstić information content (AvgIpc) is 3.47. The number of nitrogens with one attached hydrogen (secondary N) is 1. The minimum Gasteiger partial charge on any atom is -0.369 e. The third-order valence-electron chi connectivity index (χ3n) is 8.35. The van der Waals surface area contributed by atoms with Crippen LogP contribution in [-0.2, 0) is 19.1 Å². The second-order valence-electron chi connectivity index (χ2n) is 11.0. The first kappa shape index (κ1) is 28.6. The summed E-state index contributed by atoms with van der Waals surface area (Å²) in [6.45, 7) is 6.47. The van der Waals surface area contributed by atoms with E-state index < -0.39 is 17.8 Å². The fraction of sp³-hybridized carbons (Fsp3) is 0.312. The van der Waals surface area contributed by atoms with Gasteiger partial charge in [-0.25, -0.2) is 4.68 Å². The molecule has 1 saturated heterocycles. The summed E-state index contributed by atoms with van der Waals surface area (Å²) in [5, 5.41) is 13.6. The van der Waals surface area contributed by atoms with Gasteiger partial charge in [0.15, 0.2) is 5.82 Å². The van der Waals surface area contributed by atoms with Crippen molar-refractivity contribution < 1.29 is 13.2 Å². The standard InChI is InChI=1S/C32H32F3N7O/c1-21-11-12-24-19-27(31(43)36-28(24)22(21)2)29(30-37-38-39-42(30)14-13-23-7-4-3-5-8-23)41-17-15-40(16-18-41)26-10-6-9-25(20-26)32(33,34)35/h3-12,19-20,29H,13-18H2,1-2H3,(H,36,43)/t29-/m1/s1. The van der Waals surface area contributed by atoms with E-state index in [1.54, 1.807) is 10.7 Å². The van der Waals surface area contributed by atoms with E-state index in [0.717, 1.165) is 33.7 Å². The predicted molar refractivity (Wildman–Crippen MR) is 159 cm³/mol. The summed E-state index contributed by atoms with van der Waals surface area (Å²) < 4.78 is 41.9. The van der Waals surface area contributed by atoms with Gasteiger partial charge in [-0.05, 0) is 77.0 Å². The molecule has 5 aromatic rings. The van der Waals surface area contributed by atoms with Crippen LogP contribution >= 0.6 is 0 Å². The van der Waals surface area contributed by atoms with Crippen molar-refractivity contribution in [1.29, 1.82) is 0 Å². The van der Waals surface area contributed by atoms with E-state index in [0.29, 0.717) is 56.2 Å². The number of aromatic nitrogens is 5. The van der Waals surface area contributed by atoms with Crippen LogP contribution in [-0.4, -0.2) is 56.3 Å². The number of halogens is 3. The lowest BCUT2D eigenvalue weighted by Gasteiger charge is -2.39. The minimum atomic E-state index is -4.41. The highest BCUT2D eigenvalue weighted by Gasteiger charge is 2.34. The Morgan fingerprint density at radius 2 is 1.70 bits per heavy atom. The van der Waals surface area contributed by atoms with Crippen LogP contribution in [0.4, 0.5) is 18.9 Å². The zero-order valence-electron chi connectivity index (χ0n) is 24.0. The normalized spacial score (nSPS) is 15.2. The molecular weight excluding hydrogens is 555 g/mol. The van der Waals surface area contributed by atoms with Crippen LogP contribution in [0.5, 0.6) is 0 Å². The third kappa shape index (κ3) is 5.90. The molecule has 1 fully saturated rings. The van der Waals surface area contributed by atoms with Gasteiger partial charge >= 0.3 is 6.18 Å². The van der Waals surface area contributed by atoms with Gasteiger partial charge in [0, 0.05) is 44.0 Å². The molecule has 0 radical (unpaired) electrons. The molecule has 1 aliphatic heterocycles. The number of alkyl halides is 3. The minimum absolute atomic E-state index is 0.218. The van der Waals surface area contributed by atoms with Crippen molar-refractivity contribution in [3.8, 4) is 0 Å². The molecule has 0 amide bonds. The lowest BCUT2D eigenvalue weighted by atomic mass is 9.99. The van der Waals surface area contributed by atoms with Crippen LogP contribution in [0.25, 0.3) is 10.9 Å².